The van der Waals surface area contributed by atoms with Crippen molar-refractivity contribution in [2.45, 2.75) is 6.61 Å². The van der Waals surface area contributed by atoms with E-state index in [2.05, 4.69) is 0 Å². The van der Waals surface area contributed by atoms with Gasteiger partial charge < -0.3 is 9.47 Å². The van der Waals surface area contributed by atoms with E-state index in [0.717, 1.165) is 0 Å². The van der Waals surface area contributed by atoms with Crippen LogP contribution in [0, 0.1) is 10.1 Å². The second-order valence-corrected chi connectivity index (χ2v) is 7.59. The van der Waals surface area contributed by atoms with Gasteiger partial charge >= 0.3 is 0 Å². The highest BCUT2D eigenvalue weighted by molar-refractivity contribution is 7.80. The molecule has 0 atom stereocenters. The Bertz CT molecular complexity index is 1140. The highest BCUT2D eigenvalue weighted by Gasteiger charge is 2.35. The second kappa shape index (κ2) is 9.33. The lowest BCUT2D eigenvalue weighted by Gasteiger charge is -2.31. The summed E-state index contributed by atoms with van der Waals surface area (Å²) < 4.78 is 11.1. The molecule has 9 nitrogen and oxygen atoms in total. The van der Waals surface area contributed by atoms with Crippen molar-refractivity contribution in [1.82, 2.24) is 9.80 Å². The van der Waals surface area contributed by atoms with Crippen molar-refractivity contribution in [3.05, 3.63) is 68.2 Å². The van der Waals surface area contributed by atoms with E-state index in [4.69, 9.17) is 33.3 Å². The fourth-order valence-electron chi connectivity index (χ4n) is 3.02. The van der Waals surface area contributed by atoms with Crippen LogP contribution in [0.1, 0.15) is 11.1 Å². The molecule has 0 spiro atoms. The molecule has 0 bridgehead atoms. The molecule has 11 heteroatoms. The van der Waals surface area contributed by atoms with Crippen molar-refractivity contribution < 1.29 is 24.0 Å². The first-order valence-corrected chi connectivity index (χ1v) is 9.98. The number of thiocarbonyl (C=S) groups is 1. The molecule has 1 heterocycles. The van der Waals surface area contributed by atoms with Gasteiger partial charge in [-0.3, -0.25) is 29.5 Å². The van der Waals surface area contributed by atoms with Gasteiger partial charge in [0.1, 0.15) is 12.2 Å². The Labute approximate surface area is 193 Å². The maximum atomic E-state index is 12.5. The minimum Gasteiger partial charge on any atom is -0.493 e. The molecule has 0 radical (unpaired) electrons. The van der Waals surface area contributed by atoms with Crippen LogP contribution in [-0.4, -0.2) is 52.9 Å². The van der Waals surface area contributed by atoms with Crippen molar-refractivity contribution in [2.75, 3.05) is 21.2 Å². The molecule has 0 aromatic heterocycles. The number of rotatable bonds is 6. The molecule has 1 aliphatic rings. The SMILES string of the molecule is COc1cc(C=C2C(=O)N(C)C(=S)N(C)C2=O)cc(Cl)c1OCc1cccc([N+](=O)[O-])c1. The summed E-state index contributed by atoms with van der Waals surface area (Å²) in [5.41, 5.74) is 0.888. The molecular formula is C21H18ClN3O6S. The van der Waals surface area contributed by atoms with E-state index in [9.17, 15) is 19.7 Å². The number of hydrogen-bond donors (Lipinski definition) is 0. The highest BCUT2D eigenvalue weighted by atomic mass is 35.5. The van der Waals surface area contributed by atoms with Crippen LogP contribution in [0.3, 0.4) is 0 Å². The average Bonchev–Trinajstić information content (AvgIpc) is 2.78. The van der Waals surface area contributed by atoms with E-state index in [0.29, 0.717) is 11.1 Å². The van der Waals surface area contributed by atoms with Crippen molar-refractivity contribution in [3.63, 3.8) is 0 Å². The summed E-state index contributed by atoms with van der Waals surface area (Å²) in [6.45, 7) is 0.0161. The van der Waals surface area contributed by atoms with Gasteiger partial charge in [0.15, 0.2) is 16.6 Å². The van der Waals surface area contributed by atoms with Crippen molar-refractivity contribution >= 4 is 52.5 Å². The van der Waals surface area contributed by atoms with E-state index < -0.39 is 16.7 Å². The van der Waals surface area contributed by atoms with Crippen molar-refractivity contribution in [2.24, 2.45) is 0 Å². The Morgan fingerprint density at radius 2 is 1.81 bits per heavy atom. The topological polar surface area (TPSA) is 102 Å². The fraction of sp³-hybridized carbons (Fsp3) is 0.190. The molecule has 1 aliphatic heterocycles. The average molecular weight is 476 g/mol. The molecule has 0 unspecified atom stereocenters. The van der Waals surface area contributed by atoms with Gasteiger partial charge in [0.25, 0.3) is 17.5 Å². The standard InChI is InChI=1S/C21H18ClN3O6S/c1-23-19(26)15(20(27)24(2)21(23)32)8-13-9-16(22)18(17(10-13)30-3)31-11-12-5-4-6-14(7-12)25(28)29/h4-10H,11H2,1-3H3. The highest BCUT2D eigenvalue weighted by Crippen LogP contribution is 2.38. The number of nitro benzene ring substituents is 1. The van der Waals surface area contributed by atoms with E-state index in [1.54, 1.807) is 18.2 Å². The lowest BCUT2D eigenvalue weighted by Crippen LogP contribution is -2.52. The van der Waals surface area contributed by atoms with Crippen molar-refractivity contribution in [1.29, 1.82) is 0 Å². The smallest absolute Gasteiger partial charge is 0.269 e. The molecule has 1 fully saturated rings. The number of ether oxygens (including phenoxy) is 2. The third kappa shape index (κ3) is 4.56. The zero-order chi connectivity index (χ0) is 23.6. The molecule has 1 saturated heterocycles. The Morgan fingerprint density at radius 1 is 1.16 bits per heavy atom. The van der Waals surface area contributed by atoms with Gasteiger partial charge in [0.2, 0.25) is 0 Å². The molecule has 2 aromatic carbocycles. The van der Waals surface area contributed by atoms with Crippen LogP contribution in [0.4, 0.5) is 5.69 Å². The van der Waals surface area contributed by atoms with Crippen molar-refractivity contribution in [3.8, 4) is 11.5 Å². The largest absolute Gasteiger partial charge is 0.493 e. The second-order valence-electron chi connectivity index (χ2n) is 6.82. The van der Waals surface area contributed by atoms with Gasteiger partial charge in [0, 0.05) is 26.2 Å². The van der Waals surface area contributed by atoms with Crippen LogP contribution >= 0.6 is 23.8 Å². The molecule has 0 aliphatic carbocycles. The van der Waals surface area contributed by atoms with Gasteiger partial charge in [0.05, 0.1) is 17.1 Å². The number of carbonyl (C=O) groups is 2. The fourth-order valence-corrected chi connectivity index (χ4v) is 3.46. The quantitative estimate of drug-likeness (QED) is 0.207. The number of methoxy groups -OCH3 is 1. The predicted octanol–water partition coefficient (Wildman–Crippen LogP) is 3.43. The van der Waals surface area contributed by atoms with E-state index in [1.165, 1.54) is 55.3 Å². The molecule has 0 N–H and O–H groups in total. The summed E-state index contributed by atoms with van der Waals surface area (Å²) in [7, 11) is 4.39. The zero-order valence-electron chi connectivity index (χ0n) is 17.3. The maximum absolute atomic E-state index is 12.5. The van der Waals surface area contributed by atoms with E-state index >= 15 is 0 Å². The summed E-state index contributed by atoms with van der Waals surface area (Å²) >= 11 is 11.5. The lowest BCUT2D eigenvalue weighted by atomic mass is 10.1. The summed E-state index contributed by atoms with van der Waals surface area (Å²) in [4.78, 5) is 37.9. The number of carbonyl (C=O) groups excluding carboxylic acids is 2. The van der Waals surface area contributed by atoms with Crippen LogP contribution in [0.5, 0.6) is 11.5 Å². The van der Waals surface area contributed by atoms with Gasteiger partial charge in [-0.1, -0.05) is 23.7 Å². The van der Waals surface area contributed by atoms with Crippen LogP contribution in [0.15, 0.2) is 42.0 Å². The predicted molar refractivity (Wildman–Crippen MR) is 122 cm³/mol. The Balaban J connectivity index is 1.90. The van der Waals surface area contributed by atoms with Crippen LogP contribution in [0.2, 0.25) is 5.02 Å². The third-order valence-corrected chi connectivity index (χ3v) is 5.54. The number of halogens is 1. The number of benzene rings is 2. The normalized spacial score (nSPS) is 14.0. The first kappa shape index (κ1) is 23.2. The Morgan fingerprint density at radius 3 is 2.41 bits per heavy atom. The number of non-ortho nitro benzene ring substituents is 1. The number of nitrogens with zero attached hydrogens (tertiary/aromatic N) is 3. The Kier molecular flexibility index (Phi) is 6.75. The number of hydrogen-bond acceptors (Lipinski definition) is 7. The zero-order valence-corrected chi connectivity index (χ0v) is 18.9. The number of nitro groups is 1. The summed E-state index contributed by atoms with van der Waals surface area (Å²) in [5.74, 6) is -0.569. The lowest BCUT2D eigenvalue weighted by molar-refractivity contribution is -0.384. The molecular weight excluding hydrogens is 458 g/mol. The van der Waals surface area contributed by atoms with Crippen LogP contribution < -0.4 is 9.47 Å². The molecule has 2 aromatic rings. The summed E-state index contributed by atoms with van der Waals surface area (Å²) in [6.07, 6.45) is 1.40. The first-order chi connectivity index (χ1) is 15.1. The number of likely N-dealkylation sites (N-methyl/N-ethyl adjacent to an activating group) is 2. The van der Waals surface area contributed by atoms with Gasteiger partial charge in [-0.05, 0) is 41.6 Å². The van der Waals surface area contributed by atoms with E-state index in [-0.39, 0.29) is 39.5 Å². The molecule has 32 heavy (non-hydrogen) atoms. The molecule has 166 valence electrons. The minimum atomic E-state index is -0.529. The van der Waals surface area contributed by atoms with Gasteiger partial charge in [-0.25, -0.2) is 0 Å². The van der Waals surface area contributed by atoms with Gasteiger partial charge in [-0.2, -0.15) is 0 Å². The molecule has 3 rings (SSSR count). The molecule has 0 saturated carbocycles. The monoisotopic (exact) mass is 475 g/mol. The minimum absolute atomic E-state index is 0.0161. The summed E-state index contributed by atoms with van der Waals surface area (Å²) in [5, 5.41) is 11.2. The van der Waals surface area contributed by atoms with Gasteiger partial charge in [-0.15, -0.1) is 0 Å². The Hall–Kier alpha value is -3.50. The van der Waals surface area contributed by atoms with Crippen LogP contribution in [0.25, 0.3) is 6.08 Å². The van der Waals surface area contributed by atoms with Crippen LogP contribution in [-0.2, 0) is 16.2 Å². The first-order valence-electron chi connectivity index (χ1n) is 9.19. The third-order valence-electron chi connectivity index (χ3n) is 4.71. The maximum Gasteiger partial charge on any atom is 0.269 e. The molecule has 2 amide bonds. The summed E-state index contributed by atoms with van der Waals surface area (Å²) in [6, 6.07) is 9.11. The number of amides is 2. The van der Waals surface area contributed by atoms with E-state index in [1.807, 2.05) is 0 Å².